The number of nitrogens with one attached hydrogen (secondary N) is 1. The van der Waals surface area contributed by atoms with Crippen molar-refractivity contribution in [2.24, 2.45) is 5.92 Å². The van der Waals surface area contributed by atoms with Gasteiger partial charge < -0.3 is 5.32 Å². The lowest BCUT2D eigenvalue weighted by Gasteiger charge is -2.28. The molecule has 94 valence electrons. The highest BCUT2D eigenvalue weighted by molar-refractivity contribution is 5.90. The lowest BCUT2D eigenvalue weighted by molar-refractivity contribution is 0.358. The summed E-state index contributed by atoms with van der Waals surface area (Å²) in [5.74, 6) is 1.76. The molecule has 1 saturated carbocycles. The van der Waals surface area contributed by atoms with E-state index in [-0.39, 0.29) is 0 Å². The van der Waals surface area contributed by atoms with Crippen molar-refractivity contribution in [2.45, 2.75) is 38.6 Å². The van der Waals surface area contributed by atoms with Crippen LogP contribution >= 0.6 is 0 Å². The number of nitrogens with zero attached hydrogens (tertiary/aromatic N) is 2. The third-order valence-electron chi connectivity index (χ3n) is 3.85. The van der Waals surface area contributed by atoms with Gasteiger partial charge in [0.15, 0.2) is 5.82 Å². The number of benzene rings is 1. The van der Waals surface area contributed by atoms with E-state index in [2.05, 4.69) is 40.6 Å². The van der Waals surface area contributed by atoms with Crippen LogP contribution in [0.2, 0.25) is 0 Å². The second-order valence-corrected chi connectivity index (χ2v) is 5.39. The zero-order valence-corrected chi connectivity index (χ0v) is 10.8. The molecule has 0 aliphatic heterocycles. The molecule has 1 aromatic heterocycles. The lowest BCUT2D eigenvalue weighted by Crippen LogP contribution is -2.26. The highest BCUT2D eigenvalue weighted by Gasteiger charge is 2.19. The summed E-state index contributed by atoms with van der Waals surface area (Å²) < 4.78 is 0. The van der Waals surface area contributed by atoms with Gasteiger partial charge in [0.1, 0.15) is 0 Å². The maximum Gasteiger partial charge on any atom is 0.156 e. The van der Waals surface area contributed by atoms with Gasteiger partial charge in [0.2, 0.25) is 0 Å². The molecule has 1 fully saturated rings. The normalized spacial score (nSPS) is 24.1. The van der Waals surface area contributed by atoms with Crippen LogP contribution in [0.25, 0.3) is 10.8 Å². The Balaban J connectivity index is 1.86. The van der Waals surface area contributed by atoms with Crippen LogP contribution in [-0.4, -0.2) is 16.2 Å². The first-order valence-corrected chi connectivity index (χ1v) is 6.80. The molecule has 0 amide bonds. The van der Waals surface area contributed by atoms with Gasteiger partial charge >= 0.3 is 0 Å². The lowest BCUT2D eigenvalue weighted by atomic mass is 9.87. The first-order chi connectivity index (χ1) is 8.83. The van der Waals surface area contributed by atoms with Crippen molar-refractivity contribution in [2.75, 3.05) is 5.32 Å². The summed E-state index contributed by atoms with van der Waals surface area (Å²) in [7, 11) is 0. The topological polar surface area (TPSA) is 37.8 Å². The first kappa shape index (κ1) is 11.5. The average molecular weight is 241 g/mol. The minimum atomic E-state index is 0.550. The molecule has 0 spiro atoms. The number of fused-ring (bicyclic) bond motifs is 1. The summed E-state index contributed by atoms with van der Waals surface area (Å²) in [5.41, 5.74) is 0. The van der Waals surface area contributed by atoms with Gasteiger partial charge in [-0.25, -0.2) is 0 Å². The SMILES string of the molecule is CC1CCCC(Nc2nncc3ccccc23)C1. The summed E-state index contributed by atoms with van der Waals surface area (Å²) in [6, 6.07) is 8.83. The monoisotopic (exact) mass is 241 g/mol. The zero-order valence-electron chi connectivity index (χ0n) is 10.8. The molecule has 1 aliphatic carbocycles. The van der Waals surface area contributed by atoms with Crippen molar-refractivity contribution in [3.8, 4) is 0 Å². The van der Waals surface area contributed by atoms with Crippen molar-refractivity contribution < 1.29 is 0 Å². The van der Waals surface area contributed by atoms with E-state index in [1.54, 1.807) is 0 Å². The van der Waals surface area contributed by atoms with Crippen molar-refractivity contribution in [3.05, 3.63) is 30.5 Å². The quantitative estimate of drug-likeness (QED) is 0.872. The van der Waals surface area contributed by atoms with Gasteiger partial charge in [0.05, 0.1) is 6.20 Å². The summed E-state index contributed by atoms with van der Waals surface area (Å²) >= 11 is 0. The highest BCUT2D eigenvalue weighted by atomic mass is 15.2. The van der Waals surface area contributed by atoms with E-state index >= 15 is 0 Å². The molecule has 2 atom stereocenters. The van der Waals surface area contributed by atoms with Crippen LogP contribution < -0.4 is 5.32 Å². The third-order valence-corrected chi connectivity index (χ3v) is 3.85. The molecule has 3 nitrogen and oxygen atoms in total. The fraction of sp³-hybridized carbons (Fsp3) is 0.467. The molecule has 1 aromatic carbocycles. The number of hydrogen-bond acceptors (Lipinski definition) is 3. The van der Waals surface area contributed by atoms with Crippen molar-refractivity contribution in [3.63, 3.8) is 0 Å². The van der Waals surface area contributed by atoms with E-state index in [4.69, 9.17) is 0 Å². The van der Waals surface area contributed by atoms with Crippen LogP contribution in [-0.2, 0) is 0 Å². The Kier molecular flexibility index (Phi) is 3.13. The number of hydrogen-bond donors (Lipinski definition) is 1. The Hall–Kier alpha value is -1.64. The largest absolute Gasteiger partial charge is 0.365 e. The molecular formula is C15H19N3. The van der Waals surface area contributed by atoms with Crippen LogP contribution in [0.5, 0.6) is 0 Å². The fourth-order valence-electron chi connectivity index (χ4n) is 2.89. The molecule has 2 aromatic rings. The molecule has 0 saturated heterocycles. The molecule has 18 heavy (non-hydrogen) atoms. The summed E-state index contributed by atoms with van der Waals surface area (Å²) in [6.07, 6.45) is 6.99. The molecule has 1 N–H and O–H groups in total. The van der Waals surface area contributed by atoms with E-state index in [0.717, 1.165) is 17.1 Å². The Morgan fingerprint density at radius 3 is 3.00 bits per heavy atom. The predicted molar refractivity (Wildman–Crippen MR) is 74.6 cm³/mol. The van der Waals surface area contributed by atoms with E-state index in [0.29, 0.717) is 6.04 Å². The first-order valence-electron chi connectivity index (χ1n) is 6.80. The second kappa shape index (κ2) is 4.92. The molecule has 0 bridgehead atoms. The maximum absolute atomic E-state index is 4.26. The van der Waals surface area contributed by atoms with Gasteiger partial charge in [0.25, 0.3) is 0 Å². The number of aromatic nitrogens is 2. The van der Waals surface area contributed by atoms with Crippen LogP contribution in [0.4, 0.5) is 5.82 Å². The molecule has 1 heterocycles. The van der Waals surface area contributed by atoms with E-state index in [9.17, 15) is 0 Å². The molecule has 3 rings (SSSR count). The Labute approximate surface area is 108 Å². The van der Waals surface area contributed by atoms with Crippen molar-refractivity contribution >= 4 is 16.6 Å². The summed E-state index contributed by atoms with van der Waals surface area (Å²) in [6.45, 7) is 2.34. The van der Waals surface area contributed by atoms with Gasteiger partial charge in [0, 0.05) is 16.8 Å². The zero-order chi connectivity index (χ0) is 12.4. The summed E-state index contributed by atoms with van der Waals surface area (Å²) in [5, 5.41) is 14.3. The molecular weight excluding hydrogens is 222 g/mol. The van der Waals surface area contributed by atoms with Crippen LogP contribution in [0, 0.1) is 5.92 Å². The number of rotatable bonds is 2. The molecule has 1 aliphatic rings. The van der Waals surface area contributed by atoms with E-state index in [1.807, 2.05) is 12.3 Å². The van der Waals surface area contributed by atoms with Crippen molar-refractivity contribution in [1.82, 2.24) is 10.2 Å². The third kappa shape index (κ3) is 2.30. The highest BCUT2D eigenvalue weighted by Crippen LogP contribution is 2.27. The second-order valence-electron chi connectivity index (χ2n) is 5.39. The fourth-order valence-corrected chi connectivity index (χ4v) is 2.89. The van der Waals surface area contributed by atoms with Gasteiger partial charge in [-0.3, -0.25) is 0 Å². The molecule has 0 radical (unpaired) electrons. The maximum atomic E-state index is 4.26. The van der Waals surface area contributed by atoms with Crippen molar-refractivity contribution in [1.29, 1.82) is 0 Å². The molecule has 2 unspecified atom stereocenters. The minimum absolute atomic E-state index is 0.550. The summed E-state index contributed by atoms with van der Waals surface area (Å²) in [4.78, 5) is 0. The van der Waals surface area contributed by atoms with Crippen LogP contribution in [0.1, 0.15) is 32.6 Å². The van der Waals surface area contributed by atoms with Crippen LogP contribution in [0.15, 0.2) is 30.5 Å². The van der Waals surface area contributed by atoms with E-state index in [1.165, 1.54) is 31.1 Å². The Bertz CT molecular complexity index is 533. The smallest absolute Gasteiger partial charge is 0.156 e. The van der Waals surface area contributed by atoms with Crippen LogP contribution in [0.3, 0.4) is 0 Å². The average Bonchev–Trinajstić information content (AvgIpc) is 2.39. The van der Waals surface area contributed by atoms with Gasteiger partial charge in [-0.15, -0.1) is 5.10 Å². The Morgan fingerprint density at radius 1 is 1.22 bits per heavy atom. The molecule has 3 heteroatoms. The van der Waals surface area contributed by atoms with E-state index < -0.39 is 0 Å². The van der Waals surface area contributed by atoms with Gasteiger partial charge in [-0.05, 0) is 18.8 Å². The Morgan fingerprint density at radius 2 is 2.11 bits per heavy atom. The van der Waals surface area contributed by atoms with Gasteiger partial charge in [-0.1, -0.05) is 44.0 Å². The number of anilines is 1. The predicted octanol–water partition coefficient (Wildman–Crippen LogP) is 3.62. The van der Waals surface area contributed by atoms with Gasteiger partial charge in [-0.2, -0.15) is 5.10 Å². The standard InChI is InChI=1S/C15H19N3/c1-11-5-4-7-13(9-11)17-15-14-8-3-2-6-12(14)10-16-18-15/h2-3,6,8,10-11,13H,4-5,7,9H2,1H3,(H,17,18). The minimum Gasteiger partial charge on any atom is -0.365 e.